The zero-order valence-electron chi connectivity index (χ0n) is 12.9. The van der Waals surface area contributed by atoms with Crippen molar-refractivity contribution in [2.45, 2.75) is 52.7 Å². The molecule has 21 heavy (non-hydrogen) atoms. The molecule has 1 aliphatic heterocycles. The number of nitrogens with one attached hydrogen (secondary N) is 1. The van der Waals surface area contributed by atoms with Crippen LogP contribution in [-0.2, 0) is 29.1 Å². The lowest BCUT2D eigenvalue weighted by molar-refractivity contribution is -0.153. The molecule has 0 aliphatic carbocycles. The van der Waals surface area contributed by atoms with Crippen molar-refractivity contribution in [1.82, 2.24) is 20.0 Å². The van der Waals surface area contributed by atoms with E-state index in [4.69, 9.17) is 11.6 Å². The van der Waals surface area contributed by atoms with E-state index in [1.165, 1.54) is 4.90 Å². The normalized spacial score (nSPS) is 18.4. The van der Waals surface area contributed by atoms with E-state index in [9.17, 15) is 9.59 Å². The second-order valence-electron chi connectivity index (χ2n) is 5.64. The van der Waals surface area contributed by atoms with Crippen molar-refractivity contribution in [3.8, 4) is 0 Å². The van der Waals surface area contributed by atoms with Crippen LogP contribution in [0.15, 0.2) is 0 Å². The Kier molecular flexibility index (Phi) is 4.39. The van der Waals surface area contributed by atoms with E-state index in [0.717, 1.165) is 11.4 Å². The summed E-state index contributed by atoms with van der Waals surface area (Å²) in [6, 6.07) is 0. The monoisotopic (exact) mass is 312 g/mol. The molecule has 2 rings (SSSR count). The van der Waals surface area contributed by atoms with Gasteiger partial charge in [0.25, 0.3) is 0 Å². The maximum Gasteiger partial charge on any atom is 0.249 e. The average Bonchev–Trinajstić information content (AvgIpc) is 2.76. The number of carbonyl (C=O) groups excluding carboxylic acids is 2. The third kappa shape index (κ3) is 2.82. The summed E-state index contributed by atoms with van der Waals surface area (Å²) in [5, 5.41) is 7.91. The fraction of sp³-hybridized carbons (Fsp3) is 0.643. The Morgan fingerprint density at radius 2 is 2.00 bits per heavy atom. The number of piperazine rings is 1. The number of hydrogen-bond acceptors (Lipinski definition) is 4. The molecule has 7 heteroatoms. The van der Waals surface area contributed by atoms with Crippen molar-refractivity contribution in [2.24, 2.45) is 0 Å². The van der Waals surface area contributed by atoms with E-state index in [2.05, 4.69) is 10.4 Å². The van der Waals surface area contributed by atoms with Crippen LogP contribution in [0, 0.1) is 0 Å². The highest BCUT2D eigenvalue weighted by Crippen LogP contribution is 2.25. The number of nitrogens with zero attached hydrogens (tertiary/aromatic N) is 3. The molecule has 6 nitrogen and oxygen atoms in total. The van der Waals surface area contributed by atoms with E-state index in [1.54, 1.807) is 18.5 Å². The van der Waals surface area contributed by atoms with E-state index in [1.807, 2.05) is 13.8 Å². The van der Waals surface area contributed by atoms with E-state index in [-0.39, 0.29) is 24.9 Å². The van der Waals surface area contributed by atoms with Gasteiger partial charge >= 0.3 is 0 Å². The Bertz CT molecular complexity index is 580. The molecule has 0 radical (unpaired) electrons. The number of carbonyl (C=O) groups is 2. The topological polar surface area (TPSA) is 67.2 Å². The third-order valence-corrected chi connectivity index (χ3v) is 4.20. The van der Waals surface area contributed by atoms with Gasteiger partial charge in [-0.15, -0.1) is 0 Å². The van der Waals surface area contributed by atoms with Crippen molar-refractivity contribution >= 4 is 23.4 Å². The van der Waals surface area contributed by atoms with Crippen LogP contribution in [0.4, 0.5) is 0 Å². The molecule has 1 aromatic heterocycles. The lowest BCUT2D eigenvalue weighted by Gasteiger charge is -2.36. The molecule has 0 atom stereocenters. The van der Waals surface area contributed by atoms with Crippen molar-refractivity contribution < 1.29 is 9.59 Å². The van der Waals surface area contributed by atoms with Crippen molar-refractivity contribution in [3.05, 3.63) is 16.4 Å². The molecule has 1 saturated heterocycles. The Labute approximate surface area is 129 Å². The minimum atomic E-state index is -0.745. The summed E-state index contributed by atoms with van der Waals surface area (Å²) < 4.78 is 1.76. The van der Waals surface area contributed by atoms with Crippen molar-refractivity contribution in [1.29, 1.82) is 0 Å². The number of imide groups is 1. The maximum absolute atomic E-state index is 12.4. The minimum Gasteiger partial charge on any atom is -0.295 e. The van der Waals surface area contributed by atoms with Gasteiger partial charge in [-0.25, -0.2) is 0 Å². The molecule has 2 heterocycles. The van der Waals surface area contributed by atoms with Crippen LogP contribution < -0.4 is 5.32 Å². The standard InChI is InChI=1S/C14H21ClN4O2/c1-5-9-12(15)10(19(6-2)17-9)8-18-11(20)7-16-14(3,4)13(18)21/h16H,5-8H2,1-4H3. The molecular formula is C14H21ClN4O2. The van der Waals surface area contributed by atoms with E-state index in [0.29, 0.717) is 18.0 Å². The summed E-state index contributed by atoms with van der Waals surface area (Å²) in [6.45, 7) is 8.43. The van der Waals surface area contributed by atoms with Crippen LogP contribution in [0.3, 0.4) is 0 Å². The SMILES string of the molecule is CCc1nn(CC)c(CN2C(=O)CNC(C)(C)C2=O)c1Cl. The van der Waals surface area contributed by atoms with Crippen molar-refractivity contribution in [3.63, 3.8) is 0 Å². The number of hydrogen-bond donors (Lipinski definition) is 1. The summed E-state index contributed by atoms with van der Waals surface area (Å²) in [5.74, 6) is -0.478. The zero-order valence-corrected chi connectivity index (χ0v) is 13.6. The summed E-state index contributed by atoms with van der Waals surface area (Å²) in [5.41, 5.74) is 0.767. The summed E-state index contributed by atoms with van der Waals surface area (Å²) in [4.78, 5) is 25.7. The Morgan fingerprint density at radius 3 is 2.57 bits per heavy atom. The Hall–Kier alpha value is -1.40. The second kappa shape index (κ2) is 5.77. The molecule has 2 amide bonds. The summed E-state index contributed by atoms with van der Waals surface area (Å²) in [6.07, 6.45) is 0.716. The molecule has 0 bridgehead atoms. The molecule has 0 saturated carbocycles. The smallest absolute Gasteiger partial charge is 0.249 e. The number of aromatic nitrogens is 2. The van der Waals surface area contributed by atoms with E-state index < -0.39 is 5.54 Å². The first kappa shape index (κ1) is 16.0. The molecule has 116 valence electrons. The quantitative estimate of drug-likeness (QED) is 0.852. The van der Waals surface area contributed by atoms with E-state index >= 15 is 0 Å². The molecule has 1 aromatic rings. The number of amides is 2. The fourth-order valence-corrected chi connectivity index (χ4v) is 2.73. The highest BCUT2D eigenvalue weighted by molar-refractivity contribution is 6.32. The lowest BCUT2D eigenvalue weighted by Crippen LogP contribution is -2.63. The number of rotatable bonds is 4. The van der Waals surface area contributed by atoms with Gasteiger partial charge in [-0.3, -0.25) is 24.5 Å². The van der Waals surface area contributed by atoms with Crippen LogP contribution >= 0.6 is 11.6 Å². The first-order valence-corrected chi connectivity index (χ1v) is 7.53. The zero-order chi connectivity index (χ0) is 15.8. The van der Waals surface area contributed by atoms with Gasteiger partial charge in [0.15, 0.2) is 0 Å². The molecule has 0 aromatic carbocycles. The van der Waals surface area contributed by atoms with Gasteiger partial charge in [0, 0.05) is 6.54 Å². The molecule has 1 N–H and O–H groups in total. The maximum atomic E-state index is 12.4. The fourth-order valence-electron chi connectivity index (χ4n) is 2.40. The second-order valence-corrected chi connectivity index (χ2v) is 6.02. The highest BCUT2D eigenvalue weighted by Gasteiger charge is 2.40. The number of aryl methyl sites for hydroxylation is 2. The highest BCUT2D eigenvalue weighted by atomic mass is 35.5. The largest absolute Gasteiger partial charge is 0.295 e. The summed E-state index contributed by atoms with van der Waals surface area (Å²) in [7, 11) is 0. The van der Waals surface area contributed by atoms with Crippen LogP contribution in [0.1, 0.15) is 39.1 Å². The van der Waals surface area contributed by atoms with Gasteiger partial charge in [0.2, 0.25) is 11.8 Å². The van der Waals surface area contributed by atoms with Crippen LogP contribution in [-0.4, -0.2) is 38.6 Å². The van der Waals surface area contributed by atoms with Gasteiger partial charge in [-0.1, -0.05) is 18.5 Å². The molecule has 1 fully saturated rings. The average molecular weight is 313 g/mol. The van der Waals surface area contributed by atoms with Crippen LogP contribution in [0.2, 0.25) is 5.02 Å². The number of halogens is 1. The lowest BCUT2D eigenvalue weighted by atomic mass is 10.0. The Morgan fingerprint density at radius 1 is 1.33 bits per heavy atom. The first-order valence-electron chi connectivity index (χ1n) is 7.15. The van der Waals surface area contributed by atoms with Gasteiger partial charge in [0.05, 0.1) is 35.0 Å². The van der Waals surface area contributed by atoms with Gasteiger partial charge in [-0.05, 0) is 27.2 Å². The predicted molar refractivity (Wildman–Crippen MR) is 79.9 cm³/mol. The van der Waals surface area contributed by atoms with Crippen molar-refractivity contribution in [2.75, 3.05) is 6.54 Å². The van der Waals surface area contributed by atoms with Gasteiger partial charge in [-0.2, -0.15) is 5.10 Å². The minimum absolute atomic E-state index is 0.150. The van der Waals surface area contributed by atoms with Gasteiger partial charge < -0.3 is 0 Å². The molecule has 1 aliphatic rings. The van der Waals surface area contributed by atoms with Crippen LogP contribution in [0.25, 0.3) is 0 Å². The van der Waals surface area contributed by atoms with Gasteiger partial charge in [0.1, 0.15) is 0 Å². The van der Waals surface area contributed by atoms with Crippen LogP contribution in [0.5, 0.6) is 0 Å². The Balaban J connectivity index is 2.34. The molecule has 0 spiro atoms. The molecule has 0 unspecified atom stereocenters. The summed E-state index contributed by atoms with van der Waals surface area (Å²) >= 11 is 6.35. The molecular weight excluding hydrogens is 292 g/mol. The predicted octanol–water partition coefficient (Wildman–Crippen LogP) is 1.36. The third-order valence-electron chi connectivity index (χ3n) is 3.76. The first-order chi connectivity index (χ1) is 9.81.